The van der Waals surface area contributed by atoms with Crippen LogP contribution in [0, 0.1) is 6.92 Å². The molecule has 1 N–H and O–H groups in total. The zero-order chi connectivity index (χ0) is 10.9. The van der Waals surface area contributed by atoms with E-state index in [1.807, 2.05) is 11.8 Å². The van der Waals surface area contributed by atoms with Gasteiger partial charge in [0.15, 0.2) is 0 Å². The molecule has 1 saturated carbocycles. The van der Waals surface area contributed by atoms with Crippen LogP contribution in [0.15, 0.2) is 0 Å². The molecule has 0 amide bonds. The highest BCUT2D eigenvalue weighted by atomic mass is 35.5. The van der Waals surface area contributed by atoms with Gasteiger partial charge in [-0.05, 0) is 37.6 Å². The van der Waals surface area contributed by atoms with Crippen molar-refractivity contribution in [3.63, 3.8) is 0 Å². The fourth-order valence-corrected chi connectivity index (χ4v) is 2.29. The van der Waals surface area contributed by atoms with E-state index in [1.165, 1.54) is 12.8 Å². The number of hydrogen-bond acceptors (Lipinski definition) is 5. The van der Waals surface area contributed by atoms with E-state index in [0.29, 0.717) is 16.5 Å². The van der Waals surface area contributed by atoms with Gasteiger partial charge in [0.1, 0.15) is 5.82 Å². The normalized spacial score (nSPS) is 17.5. The van der Waals surface area contributed by atoms with Crippen LogP contribution in [0.25, 0.3) is 0 Å². The van der Waals surface area contributed by atoms with Crippen LogP contribution in [0.5, 0.6) is 0 Å². The smallest absolute Gasteiger partial charge is 0.227 e. The molecular weight excluding hydrogens is 232 g/mol. The average Bonchev–Trinajstić information content (AvgIpc) is 2.94. The summed E-state index contributed by atoms with van der Waals surface area (Å²) in [5, 5.41) is 3.46. The molecule has 1 fully saturated rings. The van der Waals surface area contributed by atoms with E-state index >= 15 is 0 Å². The SMILES string of the molecule is CSC1(CNc2nc(C)nc(Cl)n2)CC1. The molecule has 1 heterocycles. The van der Waals surface area contributed by atoms with Crippen molar-refractivity contribution < 1.29 is 0 Å². The third kappa shape index (κ3) is 2.72. The van der Waals surface area contributed by atoms with E-state index in [2.05, 4.69) is 26.5 Å². The zero-order valence-electron chi connectivity index (χ0n) is 8.75. The summed E-state index contributed by atoms with van der Waals surface area (Å²) in [6.45, 7) is 2.70. The van der Waals surface area contributed by atoms with Gasteiger partial charge in [0.2, 0.25) is 11.2 Å². The van der Waals surface area contributed by atoms with Gasteiger partial charge >= 0.3 is 0 Å². The van der Waals surface area contributed by atoms with Gasteiger partial charge in [-0.25, -0.2) is 4.98 Å². The van der Waals surface area contributed by atoms with Crippen LogP contribution in [0.4, 0.5) is 5.95 Å². The van der Waals surface area contributed by atoms with Gasteiger partial charge in [-0.2, -0.15) is 21.7 Å². The molecule has 0 saturated heterocycles. The number of hydrogen-bond donors (Lipinski definition) is 1. The van der Waals surface area contributed by atoms with Crippen molar-refractivity contribution >= 4 is 29.3 Å². The Hall–Kier alpha value is -0.550. The summed E-state index contributed by atoms with van der Waals surface area (Å²) in [5.41, 5.74) is 0. The first-order valence-corrected chi connectivity index (χ1v) is 6.41. The molecule has 0 unspecified atom stereocenters. The highest BCUT2D eigenvalue weighted by Gasteiger charge is 2.41. The number of thioether (sulfide) groups is 1. The Bertz CT molecular complexity index is 347. The molecule has 0 aliphatic heterocycles. The van der Waals surface area contributed by atoms with Crippen molar-refractivity contribution in [1.29, 1.82) is 0 Å². The number of aryl methyl sites for hydroxylation is 1. The quantitative estimate of drug-likeness (QED) is 0.880. The standard InChI is InChI=1S/C9H13ClN4S/c1-6-12-7(10)14-8(13-6)11-5-9(15-2)3-4-9/h3-5H2,1-2H3,(H,11,12,13,14). The van der Waals surface area contributed by atoms with Crippen LogP contribution in [0.1, 0.15) is 18.7 Å². The van der Waals surface area contributed by atoms with Gasteiger partial charge in [-0.1, -0.05) is 0 Å². The van der Waals surface area contributed by atoms with Crippen molar-refractivity contribution in [1.82, 2.24) is 15.0 Å². The summed E-state index contributed by atoms with van der Waals surface area (Å²) < 4.78 is 0.396. The summed E-state index contributed by atoms with van der Waals surface area (Å²) in [6.07, 6.45) is 4.66. The van der Waals surface area contributed by atoms with Gasteiger partial charge in [0, 0.05) is 11.3 Å². The first-order valence-electron chi connectivity index (χ1n) is 4.81. The molecule has 82 valence electrons. The van der Waals surface area contributed by atoms with Gasteiger partial charge in [-0.15, -0.1) is 0 Å². The van der Waals surface area contributed by atoms with Crippen LogP contribution in [-0.4, -0.2) is 32.5 Å². The second kappa shape index (κ2) is 4.14. The molecule has 0 radical (unpaired) electrons. The molecule has 1 aliphatic carbocycles. The summed E-state index contributed by atoms with van der Waals surface area (Å²) in [4.78, 5) is 12.1. The molecule has 1 aliphatic rings. The lowest BCUT2D eigenvalue weighted by Crippen LogP contribution is -2.19. The third-order valence-electron chi connectivity index (χ3n) is 2.53. The van der Waals surface area contributed by atoms with Gasteiger partial charge in [0.25, 0.3) is 0 Å². The fourth-order valence-electron chi connectivity index (χ4n) is 1.36. The summed E-state index contributed by atoms with van der Waals surface area (Å²) >= 11 is 7.64. The molecule has 0 atom stereocenters. The summed E-state index contributed by atoms with van der Waals surface area (Å²) in [6, 6.07) is 0. The number of rotatable bonds is 4. The van der Waals surface area contributed by atoms with Crippen molar-refractivity contribution in [2.45, 2.75) is 24.5 Å². The molecule has 0 aromatic carbocycles. The second-order valence-electron chi connectivity index (χ2n) is 3.72. The lowest BCUT2D eigenvalue weighted by molar-refractivity contribution is 0.901. The van der Waals surface area contributed by atoms with Gasteiger partial charge < -0.3 is 5.32 Å². The van der Waals surface area contributed by atoms with Gasteiger partial charge in [0.05, 0.1) is 0 Å². The Kier molecular flexibility index (Phi) is 3.02. The minimum atomic E-state index is 0.249. The Labute approximate surface area is 98.3 Å². The molecule has 1 aromatic rings. The predicted octanol–water partition coefficient (Wildman–Crippen LogP) is 2.14. The molecule has 0 spiro atoms. The van der Waals surface area contributed by atoms with E-state index in [9.17, 15) is 0 Å². The number of anilines is 1. The Morgan fingerprint density at radius 1 is 1.40 bits per heavy atom. The van der Waals surface area contributed by atoms with E-state index in [-0.39, 0.29) is 5.28 Å². The lowest BCUT2D eigenvalue weighted by Gasteiger charge is -2.12. The maximum atomic E-state index is 5.74. The minimum Gasteiger partial charge on any atom is -0.353 e. The van der Waals surface area contributed by atoms with E-state index in [0.717, 1.165) is 6.54 Å². The van der Waals surface area contributed by atoms with Crippen molar-refractivity contribution in [2.24, 2.45) is 0 Å². The lowest BCUT2D eigenvalue weighted by atomic mass is 10.4. The number of nitrogens with zero attached hydrogens (tertiary/aromatic N) is 3. The number of aromatic nitrogens is 3. The number of halogens is 1. The molecule has 6 heteroatoms. The van der Waals surface area contributed by atoms with Crippen LogP contribution in [-0.2, 0) is 0 Å². The Morgan fingerprint density at radius 2 is 2.13 bits per heavy atom. The van der Waals surface area contributed by atoms with E-state index in [1.54, 1.807) is 6.92 Å². The predicted molar refractivity (Wildman–Crippen MR) is 63.5 cm³/mol. The molecule has 0 bridgehead atoms. The van der Waals surface area contributed by atoms with E-state index in [4.69, 9.17) is 11.6 Å². The van der Waals surface area contributed by atoms with E-state index < -0.39 is 0 Å². The Balaban J connectivity index is 1.99. The summed E-state index contributed by atoms with van der Waals surface area (Å²) in [5.74, 6) is 1.22. The second-order valence-corrected chi connectivity index (χ2v) is 5.33. The van der Waals surface area contributed by atoms with Crippen LogP contribution < -0.4 is 5.32 Å². The maximum Gasteiger partial charge on any atom is 0.227 e. The molecule has 15 heavy (non-hydrogen) atoms. The first kappa shape index (κ1) is 11.0. The fraction of sp³-hybridized carbons (Fsp3) is 0.667. The first-order chi connectivity index (χ1) is 7.13. The van der Waals surface area contributed by atoms with Crippen LogP contribution in [0.3, 0.4) is 0 Å². The van der Waals surface area contributed by atoms with Gasteiger partial charge in [-0.3, -0.25) is 0 Å². The largest absolute Gasteiger partial charge is 0.353 e. The molecule has 2 rings (SSSR count). The average molecular weight is 245 g/mol. The topological polar surface area (TPSA) is 50.7 Å². The highest BCUT2D eigenvalue weighted by Crippen LogP contribution is 2.46. The van der Waals surface area contributed by atoms with Crippen LogP contribution in [0.2, 0.25) is 5.28 Å². The maximum absolute atomic E-state index is 5.74. The third-order valence-corrected chi connectivity index (χ3v) is 4.12. The monoisotopic (exact) mass is 244 g/mol. The minimum absolute atomic E-state index is 0.249. The van der Waals surface area contributed by atoms with Crippen LogP contribution >= 0.6 is 23.4 Å². The highest BCUT2D eigenvalue weighted by molar-refractivity contribution is 8.00. The zero-order valence-corrected chi connectivity index (χ0v) is 10.3. The molecule has 4 nitrogen and oxygen atoms in total. The van der Waals surface area contributed by atoms with Crippen molar-refractivity contribution in [3.8, 4) is 0 Å². The summed E-state index contributed by atoms with van der Waals surface area (Å²) in [7, 11) is 0. The number of nitrogens with one attached hydrogen (secondary N) is 1. The van der Waals surface area contributed by atoms with Crippen molar-refractivity contribution in [3.05, 3.63) is 11.1 Å². The Morgan fingerprint density at radius 3 is 2.67 bits per heavy atom. The molecule has 1 aromatic heterocycles. The van der Waals surface area contributed by atoms with Crippen molar-refractivity contribution in [2.75, 3.05) is 18.1 Å². The molecular formula is C9H13ClN4S.